The standard InChI is InChI=1S/C24H22ClN5O2S/c1-3-32-19-9-7-18(8-10-19)30-23(17-11-13-26-14-12-17)28-29-24(30)33-15-22(31)27-21-6-4-5-20(25)16(21)2/h4-14H,3,15H2,1-2H3,(H,27,31). The van der Waals surface area contributed by atoms with Gasteiger partial charge in [0.2, 0.25) is 5.91 Å². The lowest BCUT2D eigenvalue weighted by molar-refractivity contribution is -0.113. The molecule has 0 saturated carbocycles. The number of nitrogens with one attached hydrogen (secondary N) is 1. The van der Waals surface area contributed by atoms with E-state index in [0.717, 1.165) is 22.6 Å². The molecule has 0 aliphatic carbocycles. The summed E-state index contributed by atoms with van der Waals surface area (Å²) < 4.78 is 7.48. The van der Waals surface area contributed by atoms with Gasteiger partial charge in [-0.15, -0.1) is 10.2 Å². The Kier molecular flexibility index (Phi) is 7.26. The van der Waals surface area contributed by atoms with Crippen LogP contribution < -0.4 is 10.1 Å². The lowest BCUT2D eigenvalue weighted by Crippen LogP contribution is -2.15. The highest BCUT2D eigenvalue weighted by Crippen LogP contribution is 2.29. The summed E-state index contributed by atoms with van der Waals surface area (Å²) in [6, 6.07) is 16.9. The molecule has 4 rings (SSSR count). The van der Waals surface area contributed by atoms with Crippen molar-refractivity contribution in [3.05, 3.63) is 77.6 Å². The molecule has 1 amide bonds. The zero-order valence-corrected chi connectivity index (χ0v) is 19.7. The Hall–Kier alpha value is -3.36. The number of rotatable bonds is 8. The SMILES string of the molecule is CCOc1ccc(-n2c(SCC(=O)Nc3cccc(Cl)c3C)nnc2-c2ccncc2)cc1. The van der Waals surface area contributed by atoms with Crippen LogP contribution in [-0.4, -0.2) is 38.0 Å². The van der Waals surface area contributed by atoms with Crippen molar-refractivity contribution < 1.29 is 9.53 Å². The second kappa shape index (κ2) is 10.5. The topological polar surface area (TPSA) is 81.9 Å². The monoisotopic (exact) mass is 479 g/mol. The van der Waals surface area contributed by atoms with Crippen LogP contribution >= 0.6 is 23.4 Å². The van der Waals surface area contributed by atoms with Gasteiger partial charge >= 0.3 is 0 Å². The van der Waals surface area contributed by atoms with Gasteiger partial charge < -0.3 is 10.1 Å². The van der Waals surface area contributed by atoms with Gasteiger partial charge in [-0.1, -0.05) is 29.4 Å². The van der Waals surface area contributed by atoms with Gasteiger partial charge in [0.15, 0.2) is 11.0 Å². The van der Waals surface area contributed by atoms with Crippen molar-refractivity contribution in [1.82, 2.24) is 19.7 Å². The van der Waals surface area contributed by atoms with E-state index < -0.39 is 0 Å². The number of thioether (sulfide) groups is 1. The lowest BCUT2D eigenvalue weighted by Gasteiger charge is -2.12. The van der Waals surface area contributed by atoms with Crippen LogP contribution in [0.3, 0.4) is 0 Å². The van der Waals surface area contributed by atoms with Crippen LogP contribution in [0.5, 0.6) is 5.75 Å². The zero-order valence-electron chi connectivity index (χ0n) is 18.2. The minimum absolute atomic E-state index is 0.155. The van der Waals surface area contributed by atoms with Crippen molar-refractivity contribution in [2.75, 3.05) is 17.7 Å². The highest BCUT2D eigenvalue weighted by atomic mass is 35.5. The van der Waals surface area contributed by atoms with E-state index >= 15 is 0 Å². The summed E-state index contributed by atoms with van der Waals surface area (Å²) in [6.07, 6.45) is 3.42. The molecule has 2 aromatic heterocycles. The molecule has 0 spiro atoms. The summed E-state index contributed by atoms with van der Waals surface area (Å²) in [5, 5.41) is 12.9. The quantitative estimate of drug-likeness (QED) is 0.340. The molecule has 0 aliphatic heterocycles. The Bertz CT molecular complexity index is 1250. The van der Waals surface area contributed by atoms with E-state index in [9.17, 15) is 4.79 Å². The fourth-order valence-corrected chi connectivity index (χ4v) is 4.13. The number of carbonyl (C=O) groups excluding carboxylic acids is 1. The third-order valence-electron chi connectivity index (χ3n) is 4.85. The van der Waals surface area contributed by atoms with Crippen molar-refractivity contribution in [1.29, 1.82) is 0 Å². The molecule has 0 fully saturated rings. The maximum atomic E-state index is 12.6. The molecule has 0 unspecified atom stereocenters. The summed E-state index contributed by atoms with van der Waals surface area (Å²) in [5.41, 5.74) is 3.26. The van der Waals surface area contributed by atoms with Gasteiger partial charge in [0.1, 0.15) is 5.75 Å². The molecule has 4 aromatic rings. The van der Waals surface area contributed by atoms with E-state index in [-0.39, 0.29) is 11.7 Å². The number of hydrogen-bond acceptors (Lipinski definition) is 6. The molecule has 0 atom stereocenters. The Labute approximate surface area is 201 Å². The zero-order chi connectivity index (χ0) is 23.2. The molecule has 168 valence electrons. The summed E-state index contributed by atoms with van der Waals surface area (Å²) in [4.78, 5) is 16.7. The summed E-state index contributed by atoms with van der Waals surface area (Å²) in [7, 11) is 0. The number of ether oxygens (including phenoxy) is 1. The van der Waals surface area contributed by atoms with Gasteiger partial charge in [-0.3, -0.25) is 14.3 Å². The Morgan fingerprint density at radius 1 is 1.09 bits per heavy atom. The Morgan fingerprint density at radius 2 is 1.85 bits per heavy atom. The van der Waals surface area contributed by atoms with Crippen molar-refractivity contribution in [2.45, 2.75) is 19.0 Å². The van der Waals surface area contributed by atoms with Gasteiger partial charge in [0.05, 0.1) is 12.4 Å². The highest BCUT2D eigenvalue weighted by Gasteiger charge is 2.18. The number of hydrogen-bond donors (Lipinski definition) is 1. The van der Waals surface area contributed by atoms with Gasteiger partial charge in [-0.25, -0.2) is 0 Å². The Morgan fingerprint density at radius 3 is 2.58 bits per heavy atom. The highest BCUT2D eigenvalue weighted by molar-refractivity contribution is 7.99. The van der Waals surface area contributed by atoms with Crippen LogP contribution in [0, 0.1) is 6.92 Å². The van der Waals surface area contributed by atoms with Crippen molar-refractivity contribution in [2.24, 2.45) is 0 Å². The first-order chi connectivity index (χ1) is 16.1. The van der Waals surface area contributed by atoms with Crippen molar-refractivity contribution in [3.63, 3.8) is 0 Å². The van der Waals surface area contributed by atoms with Crippen LogP contribution in [0.1, 0.15) is 12.5 Å². The molecule has 7 nitrogen and oxygen atoms in total. The van der Waals surface area contributed by atoms with E-state index in [1.807, 2.05) is 66.9 Å². The smallest absolute Gasteiger partial charge is 0.234 e. The maximum Gasteiger partial charge on any atom is 0.234 e. The number of nitrogens with zero attached hydrogens (tertiary/aromatic N) is 4. The fraction of sp³-hybridized carbons (Fsp3) is 0.167. The van der Waals surface area contributed by atoms with Gasteiger partial charge in [-0.2, -0.15) is 0 Å². The number of halogens is 1. The molecule has 33 heavy (non-hydrogen) atoms. The van der Waals surface area contributed by atoms with Crippen LogP contribution in [0.2, 0.25) is 5.02 Å². The predicted octanol–water partition coefficient (Wildman–Crippen LogP) is 5.42. The molecule has 2 heterocycles. The largest absolute Gasteiger partial charge is 0.494 e. The number of amides is 1. The lowest BCUT2D eigenvalue weighted by atomic mass is 10.2. The van der Waals surface area contributed by atoms with Crippen LogP contribution in [0.15, 0.2) is 72.1 Å². The average molecular weight is 480 g/mol. The first-order valence-electron chi connectivity index (χ1n) is 10.3. The van der Waals surface area contributed by atoms with E-state index in [1.165, 1.54) is 11.8 Å². The molecule has 0 aliphatic rings. The van der Waals surface area contributed by atoms with E-state index in [4.69, 9.17) is 16.3 Å². The normalized spacial score (nSPS) is 10.8. The minimum atomic E-state index is -0.155. The average Bonchev–Trinajstić information content (AvgIpc) is 3.26. The number of carbonyl (C=O) groups is 1. The first kappa shape index (κ1) is 22.8. The predicted molar refractivity (Wildman–Crippen MR) is 131 cm³/mol. The maximum absolute atomic E-state index is 12.6. The second-order valence-electron chi connectivity index (χ2n) is 7.05. The number of anilines is 1. The van der Waals surface area contributed by atoms with Crippen LogP contribution in [-0.2, 0) is 4.79 Å². The fourth-order valence-electron chi connectivity index (χ4n) is 3.20. The Balaban J connectivity index is 1.59. The molecular formula is C24H22ClN5O2S. The molecule has 9 heteroatoms. The third-order valence-corrected chi connectivity index (χ3v) is 6.19. The number of pyridine rings is 1. The number of aromatic nitrogens is 4. The first-order valence-corrected chi connectivity index (χ1v) is 11.7. The van der Waals surface area contributed by atoms with Crippen molar-refractivity contribution in [3.8, 4) is 22.8 Å². The van der Waals surface area contributed by atoms with Crippen molar-refractivity contribution >= 4 is 35.0 Å². The summed E-state index contributed by atoms with van der Waals surface area (Å²) >= 11 is 7.47. The van der Waals surface area contributed by atoms with E-state index in [0.29, 0.717) is 28.3 Å². The number of benzene rings is 2. The van der Waals surface area contributed by atoms with E-state index in [2.05, 4.69) is 20.5 Å². The minimum Gasteiger partial charge on any atom is -0.494 e. The molecular weight excluding hydrogens is 458 g/mol. The van der Waals surface area contributed by atoms with Crippen LogP contribution in [0.4, 0.5) is 5.69 Å². The van der Waals surface area contributed by atoms with E-state index in [1.54, 1.807) is 18.5 Å². The van der Waals surface area contributed by atoms with Gasteiger partial charge in [0, 0.05) is 34.4 Å². The van der Waals surface area contributed by atoms with Gasteiger partial charge in [-0.05, 0) is 67.9 Å². The molecule has 0 saturated heterocycles. The third kappa shape index (κ3) is 5.35. The molecule has 0 radical (unpaired) electrons. The second-order valence-corrected chi connectivity index (χ2v) is 8.40. The molecule has 0 bridgehead atoms. The molecule has 1 N–H and O–H groups in total. The summed E-state index contributed by atoms with van der Waals surface area (Å²) in [5.74, 6) is 1.45. The van der Waals surface area contributed by atoms with Crippen LogP contribution in [0.25, 0.3) is 17.1 Å². The molecule has 2 aromatic carbocycles. The summed E-state index contributed by atoms with van der Waals surface area (Å²) in [6.45, 7) is 4.41. The van der Waals surface area contributed by atoms with Gasteiger partial charge in [0.25, 0.3) is 0 Å².